The van der Waals surface area contributed by atoms with E-state index in [1.54, 1.807) is 24.3 Å². The third kappa shape index (κ3) is 3.99. The van der Waals surface area contributed by atoms with Crippen LogP contribution in [-0.4, -0.2) is 44.4 Å². The highest BCUT2D eigenvalue weighted by Crippen LogP contribution is 2.32. The van der Waals surface area contributed by atoms with Gasteiger partial charge in [0.25, 0.3) is 0 Å². The fourth-order valence-corrected chi connectivity index (χ4v) is 4.23. The third-order valence-corrected chi connectivity index (χ3v) is 5.73. The van der Waals surface area contributed by atoms with Crippen LogP contribution in [0.15, 0.2) is 47.4 Å². The first-order valence-corrected chi connectivity index (χ1v) is 10.5. The number of sulfone groups is 1. The van der Waals surface area contributed by atoms with E-state index in [0.29, 0.717) is 24.0 Å². The summed E-state index contributed by atoms with van der Waals surface area (Å²) in [5.41, 5.74) is 0.764. The molecule has 2 aromatic rings. The van der Waals surface area contributed by atoms with Crippen molar-refractivity contribution in [1.29, 1.82) is 0 Å². The molecule has 7 nitrogen and oxygen atoms in total. The number of benzene rings is 2. The quantitative estimate of drug-likeness (QED) is 0.812. The summed E-state index contributed by atoms with van der Waals surface area (Å²) in [6.45, 7) is 0.271. The van der Waals surface area contributed by atoms with Crippen LogP contribution in [0.3, 0.4) is 0 Å². The van der Waals surface area contributed by atoms with Crippen LogP contribution in [0, 0.1) is 5.82 Å². The average Bonchev–Trinajstić information content (AvgIpc) is 2.63. The molecule has 2 aromatic carbocycles. The van der Waals surface area contributed by atoms with E-state index in [-0.39, 0.29) is 17.1 Å². The fraction of sp³-hybridized carbons (Fsp3) is 0.263. The molecule has 0 aliphatic carbocycles. The van der Waals surface area contributed by atoms with E-state index >= 15 is 0 Å². The zero-order chi connectivity index (χ0) is 20.5. The Morgan fingerprint density at radius 2 is 1.96 bits per heavy atom. The third-order valence-electron chi connectivity index (χ3n) is 4.57. The van der Waals surface area contributed by atoms with Crippen LogP contribution in [0.25, 0.3) is 11.1 Å². The lowest BCUT2D eigenvalue weighted by molar-refractivity contribution is -0.121. The van der Waals surface area contributed by atoms with Gasteiger partial charge in [0, 0.05) is 18.4 Å². The van der Waals surface area contributed by atoms with Gasteiger partial charge >= 0.3 is 6.09 Å². The van der Waals surface area contributed by atoms with Gasteiger partial charge in [0.15, 0.2) is 9.84 Å². The summed E-state index contributed by atoms with van der Waals surface area (Å²) < 4.78 is 38.8. The van der Waals surface area contributed by atoms with Crippen LogP contribution in [-0.2, 0) is 14.6 Å². The molecule has 1 atom stereocenters. The lowest BCUT2D eigenvalue weighted by Crippen LogP contribution is -2.52. The summed E-state index contributed by atoms with van der Waals surface area (Å²) in [6, 6.07) is 9.50. The Morgan fingerprint density at radius 1 is 1.25 bits per heavy atom. The number of anilines is 1. The first-order valence-electron chi connectivity index (χ1n) is 8.58. The molecule has 1 aliphatic heterocycles. The van der Waals surface area contributed by atoms with Crippen molar-refractivity contribution in [2.24, 2.45) is 0 Å². The second kappa shape index (κ2) is 7.59. The summed E-state index contributed by atoms with van der Waals surface area (Å²) in [4.78, 5) is 24.6. The minimum absolute atomic E-state index is 0.0301. The zero-order valence-electron chi connectivity index (χ0n) is 15.1. The van der Waals surface area contributed by atoms with Crippen LogP contribution >= 0.6 is 0 Å². The second-order valence-corrected chi connectivity index (χ2v) is 8.55. The Bertz CT molecular complexity index is 1040. The lowest BCUT2D eigenvalue weighted by Gasteiger charge is -2.32. The summed E-state index contributed by atoms with van der Waals surface area (Å²) >= 11 is 0. The highest BCUT2D eigenvalue weighted by Gasteiger charge is 2.32. The van der Waals surface area contributed by atoms with E-state index in [9.17, 15) is 22.4 Å². The number of carboxylic acid groups (broad SMARTS) is 1. The number of halogens is 1. The predicted octanol–water partition coefficient (Wildman–Crippen LogP) is 2.66. The highest BCUT2D eigenvalue weighted by atomic mass is 32.2. The van der Waals surface area contributed by atoms with Crippen LogP contribution in [0.2, 0.25) is 0 Å². The van der Waals surface area contributed by atoms with Crippen molar-refractivity contribution < 1.29 is 27.5 Å². The maximum Gasteiger partial charge on any atom is 0.405 e. The molecule has 0 bridgehead atoms. The Kier molecular flexibility index (Phi) is 5.37. The monoisotopic (exact) mass is 406 g/mol. The molecule has 0 radical (unpaired) electrons. The Morgan fingerprint density at radius 3 is 2.61 bits per heavy atom. The molecule has 2 amide bonds. The van der Waals surface area contributed by atoms with Crippen molar-refractivity contribution >= 4 is 27.5 Å². The van der Waals surface area contributed by atoms with Gasteiger partial charge in [0.1, 0.15) is 11.9 Å². The van der Waals surface area contributed by atoms with E-state index in [0.717, 1.165) is 6.26 Å². The summed E-state index contributed by atoms with van der Waals surface area (Å²) in [6.07, 6.45) is 0.643. The minimum Gasteiger partial charge on any atom is -0.465 e. The molecule has 3 rings (SSSR count). The van der Waals surface area contributed by atoms with E-state index < -0.39 is 33.7 Å². The van der Waals surface area contributed by atoms with Gasteiger partial charge in [-0.1, -0.05) is 24.3 Å². The maximum atomic E-state index is 14.8. The largest absolute Gasteiger partial charge is 0.465 e. The molecule has 1 aliphatic rings. The standard InChI is InChI=1S/C19H19FN2O5S/c1-28(26,27)17-7-3-2-5-13(17)12-8-9-16(14(20)11-12)22-10-4-6-15(18(22)23)21-19(24)25/h2-3,5,7-9,11,15,21H,4,6,10H2,1H3,(H,24,25). The fourth-order valence-electron chi connectivity index (χ4n) is 3.32. The Labute approximate surface area is 161 Å². The van der Waals surface area contributed by atoms with Crippen molar-refractivity contribution in [2.75, 3.05) is 17.7 Å². The first-order chi connectivity index (χ1) is 13.2. The number of nitrogens with zero attached hydrogens (tertiary/aromatic N) is 1. The van der Waals surface area contributed by atoms with Crippen molar-refractivity contribution in [2.45, 2.75) is 23.8 Å². The molecule has 0 saturated carbocycles. The van der Waals surface area contributed by atoms with Crippen LogP contribution in [0.4, 0.5) is 14.9 Å². The number of hydrogen-bond donors (Lipinski definition) is 2. The van der Waals surface area contributed by atoms with E-state index in [1.165, 1.54) is 23.1 Å². The molecule has 1 heterocycles. The molecule has 2 N–H and O–H groups in total. The number of carbonyl (C=O) groups is 2. The Balaban J connectivity index is 1.96. The lowest BCUT2D eigenvalue weighted by atomic mass is 10.0. The highest BCUT2D eigenvalue weighted by molar-refractivity contribution is 7.90. The van der Waals surface area contributed by atoms with Crippen molar-refractivity contribution in [1.82, 2.24) is 5.32 Å². The molecule has 28 heavy (non-hydrogen) atoms. The number of nitrogens with one attached hydrogen (secondary N) is 1. The normalized spacial score (nSPS) is 17.4. The molecule has 1 saturated heterocycles. The van der Waals surface area contributed by atoms with Gasteiger partial charge in [-0.15, -0.1) is 0 Å². The minimum atomic E-state index is -3.50. The smallest absolute Gasteiger partial charge is 0.405 e. The average molecular weight is 406 g/mol. The molecular formula is C19H19FN2O5S. The number of carbonyl (C=O) groups excluding carboxylic acids is 1. The van der Waals surface area contributed by atoms with Gasteiger partial charge in [0.05, 0.1) is 10.6 Å². The van der Waals surface area contributed by atoms with E-state index in [2.05, 4.69) is 5.32 Å². The predicted molar refractivity (Wildman–Crippen MR) is 101 cm³/mol. The molecule has 0 aromatic heterocycles. The maximum absolute atomic E-state index is 14.8. The van der Waals surface area contributed by atoms with Gasteiger partial charge in [-0.2, -0.15) is 0 Å². The number of amides is 2. The van der Waals surface area contributed by atoms with Crippen LogP contribution in [0.5, 0.6) is 0 Å². The van der Waals surface area contributed by atoms with Gasteiger partial charge in [-0.25, -0.2) is 17.6 Å². The molecule has 0 spiro atoms. The van der Waals surface area contributed by atoms with Gasteiger partial charge in [-0.05, 0) is 36.6 Å². The molecular weight excluding hydrogens is 387 g/mol. The molecule has 148 valence electrons. The van der Waals surface area contributed by atoms with Crippen LogP contribution < -0.4 is 10.2 Å². The van der Waals surface area contributed by atoms with Gasteiger partial charge in [-0.3, -0.25) is 4.79 Å². The molecule has 1 unspecified atom stereocenters. The number of rotatable bonds is 4. The second-order valence-electron chi connectivity index (χ2n) is 6.57. The van der Waals surface area contributed by atoms with Gasteiger partial charge < -0.3 is 15.3 Å². The summed E-state index contributed by atoms with van der Waals surface area (Å²) in [5, 5.41) is 11.0. The zero-order valence-corrected chi connectivity index (χ0v) is 15.9. The Hall–Kier alpha value is -2.94. The van der Waals surface area contributed by atoms with Gasteiger partial charge in [0.2, 0.25) is 5.91 Å². The van der Waals surface area contributed by atoms with Crippen LogP contribution in [0.1, 0.15) is 12.8 Å². The number of piperidine rings is 1. The SMILES string of the molecule is CS(=O)(=O)c1ccccc1-c1ccc(N2CCCC(NC(=O)O)C2=O)c(F)c1. The first kappa shape index (κ1) is 19.8. The summed E-state index contributed by atoms with van der Waals surface area (Å²) in [5.74, 6) is -1.21. The van der Waals surface area contributed by atoms with Crippen molar-refractivity contribution in [3.8, 4) is 11.1 Å². The van der Waals surface area contributed by atoms with E-state index in [1.807, 2.05) is 0 Å². The number of hydrogen-bond acceptors (Lipinski definition) is 4. The van der Waals surface area contributed by atoms with Crippen molar-refractivity contribution in [3.63, 3.8) is 0 Å². The molecule has 1 fully saturated rings. The molecule has 9 heteroatoms. The van der Waals surface area contributed by atoms with E-state index in [4.69, 9.17) is 5.11 Å². The summed E-state index contributed by atoms with van der Waals surface area (Å²) in [7, 11) is -3.50. The van der Waals surface area contributed by atoms with Crippen molar-refractivity contribution in [3.05, 3.63) is 48.3 Å². The topological polar surface area (TPSA) is 104 Å².